The number of benzene rings is 2. The molecule has 140 valence electrons. The van der Waals surface area contributed by atoms with E-state index in [4.69, 9.17) is 9.47 Å². The Morgan fingerprint density at radius 2 is 2.08 bits per heavy atom. The first kappa shape index (κ1) is 20.2. The van der Waals surface area contributed by atoms with Crippen molar-refractivity contribution in [1.29, 1.82) is 0 Å². The summed E-state index contributed by atoms with van der Waals surface area (Å²) in [5.74, 6) is 0.630. The van der Waals surface area contributed by atoms with E-state index >= 15 is 0 Å². The lowest BCUT2D eigenvalue weighted by Crippen LogP contribution is -2.53. The van der Waals surface area contributed by atoms with E-state index in [0.717, 1.165) is 11.3 Å². The van der Waals surface area contributed by atoms with Gasteiger partial charge >= 0.3 is 0 Å². The Labute approximate surface area is 160 Å². The molecule has 2 aromatic carbocycles. The number of morpholine rings is 1. The van der Waals surface area contributed by atoms with E-state index in [0.29, 0.717) is 25.4 Å². The van der Waals surface area contributed by atoms with Crippen molar-refractivity contribution in [1.82, 2.24) is 5.32 Å². The summed E-state index contributed by atoms with van der Waals surface area (Å²) >= 11 is 0. The molecule has 1 amide bonds. The molecule has 1 aliphatic heterocycles. The Morgan fingerprint density at radius 3 is 2.85 bits per heavy atom. The predicted octanol–water partition coefficient (Wildman–Crippen LogP) is 3.31. The van der Waals surface area contributed by atoms with Crippen LogP contribution in [0.2, 0.25) is 0 Å². The van der Waals surface area contributed by atoms with Crippen LogP contribution in [0.1, 0.15) is 18.1 Å². The molecule has 2 atom stereocenters. The number of carbonyl (C=O) groups is 1. The zero-order valence-corrected chi connectivity index (χ0v) is 15.8. The SMILES string of the molecule is Cc1ccccc1COc1cccc(NC(=O)[C@H]2NCCO[C@@H]2C)c1.Cl. The molecule has 0 radical (unpaired) electrons. The van der Waals surface area contributed by atoms with Crippen molar-refractivity contribution in [3.8, 4) is 5.75 Å². The molecule has 3 rings (SSSR count). The van der Waals surface area contributed by atoms with Gasteiger partial charge in [-0.1, -0.05) is 30.3 Å². The zero-order chi connectivity index (χ0) is 17.6. The van der Waals surface area contributed by atoms with Crippen molar-refractivity contribution in [3.05, 3.63) is 59.7 Å². The van der Waals surface area contributed by atoms with E-state index in [9.17, 15) is 4.79 Å². The Morgan fingerprint density at radius 1 is 1.27 bits per heavy atom. The van der Waals surface area contributed by atoms with Gasteiger partial charge in [0, 0.05) is 18.3 Å². The number of hydrogen-bond acceptors (Lipinski definition) is 4. The minimum absolute atomic E-state index is 0. The highest BCUT2D eigenvalue weighted by Gasteiger charge is 2.28. The number of aryl methyl sites for hydroxylation is 1. The lowest BCUT2D eigenvalue weighted by atomic mass is 10.1. The largest absolute Gasteiger partial charge is 0.489 e. The average Bonchev–Trinajstić information content (AvgIpc) is 2.62. The summed E-state index contributed by atoms with van der Waals surface area (Å²) in [7, 11) is 0. The van der Waals surface area contributed by atoms with Crippen molar-refractivity contribution in [2.24, 2.45) is 0 Å². The number of anilines is 1. The normalized spacial score (nSPS) is 19.3. The van der Waals surface area contributed by atoms with Crippen LogP contribution in [0.5, 0.6) is 5.75 Å². The van der Waals surface area contributed by atoms with Crippen LogP contribution in [0, 0.1) is 6.92 Å². The van der Waals surface area contributed by atoms with Gasteiger partial charge in [-0.15, -0.1) is 12.4 Å². The highest BCUT2D eigenvalue weighted by molar-refractivity contribution is 5.95. The number of amides is 1. The van der Waals surface area contributed by atoms with E-state index in [2.05, 4.69) is 29.7 Å². The molecule has 0 aromatic heterocycles. The molecule has 6 heteroatoms. The van der Waals surface area contributed by atoms with Crippen molar-refractivity contribution in [2.45, 2.75) is 32.6 Å². The van der Waals surface area contributed by atoms with Gasteiger partial charge in [0.15, 0.2) is 0 Å². The lowest BCUT2D eigenvalue weighted by molar-refractivity contribution is -0.123. The molecule has 1 saturated heterocycles. The maximum atomic E-state index is 12.4. The number of rotatable bonds is 5. The topological polar surface area (TPSA) is 59.6 Å². The van der Waals surface area contributed by atoms with Gasteiger partial charge in [0.25, 0.3) is 0 Å². The van der Waals surface area contributed by atoms with Crippen LogP contribution in [-0.4, -0.2) is 31.2 Å². The number of carbonyl (C=O) groups excluding carboxylic acids is 1. The second kappa shape index (κ2) is 9.57. The Balaban J connectivity index is 0.00000243. The number of nitrogens with one attached hydrogen (secondary N) is 2. The van der Waals surface area contributed by atoms with E-state index in [1.807, 2.05) is 43.3 Å². The number of hydrogen-bond donors (Lipinski definition) is 2. The fraction of sp³-hybridized carbons (Fsp3) is 0.350. The predicted molar refractivity (Wildman–Crippen MR) is 105 cm³/mol. The van der Waals surface area contributed by atoms with E-state index in [1.54, 1.807) is 0 Å². The van der Waals surface area contributed by atoms with Gasteiger partial charge in [-0.05, 0) is 37.1 Å². The molecule has 2 aromatic rings. The minimum atomic E-state index is -0.342. The van der Waals surface area contributed by atoms with Gasteiger partial charge in [-0.2, -0.15) is 0 Å². The molecule has 2 N–H and O–H groups in total. The van der Waals surface area contributed by atoms with Crippen molar-refractivity contribution in [2.75, 3.05) is 18.5 Å². The van der Waals surface area contributed by atoms with Crippen LogP contribution >= 0.6 is 12.4 Å². The fourth-order valence-electron chi connectivity index (χ4n) is 2.84. The van der Waals surface area contributed by atoms with Crippen LogP contribution in [0.15, 0.2) is 48.5 Å². The van der Waals surface area contributed by atoms with Gasteiger partial charge < -0.3 is 20.1 Å². The first-order valence-corrected chi connectivity index (χ1v) is 8.57. The van der Waals surface area contributed by atoms with Gasteiger partial charge in [0.2, 0.25) is 5.91 Å². The van der Waals surface area contributed by atoms with Gasteiger partial charge in [-0.25, -0.2) is 0 Å². The molecule has 1 aliphatic rings. The van der Waals surface area contributed by atoms with Gasteiger partial charge in [0.1, 0.15) is 18.4 Å². The maximum absolute atomic E-state index is 12.4. The summed E-state index contributed by atoms with van der Waals surface area (Å²) in [6.45, 7) is 5.78. The third-order valence-corrected chi connectivity index (χ3v) is 4.36. The molecule has 5 nitrogen and oxygen atoms in total. The highest BCUT2D eigenvalue weighted by Crippen LogP contribution is 2.20. The summed E-state index contributed by atoms with van der Waals surface area (Å²) in [4.78, 5) is 12.4. The molecular weight excluding hydrogens is 352 g/mol. The summed E-state index contributed by atoms with van der Waals surface area (Å²) in [5, 5.41) is 6.12. The molecule has 0 spiro atoms. The minimum Gasteiger partial charge on any atom is -0.489 e. The molecule has 1 fully saturated rings. The lowest BCUT2D eigenvalue weighted by Gasteiger charge is -2.29. The summed E-state index contributed by atoms with van der Waals surface area (Å²) in [6.07, 6.45) is -0.144. The van der Waals surface area contributed by atoms with Crippen molar-refractivity contribution in [3.63, 3.8) is 0 Å². The van der Waals surface area contributed by atoms with Crippen molar-refractivity contribution >= 4 is 24.0 Å². The quantitative estimate of drug-likeness (QED) is 0.840. The zero-order valence-electron chi connectivity index (χ0n) is 15.0. The standard InChI is InChI=1S/C20H24N2O3.ClH/c1-14-6-3-4-7-16(14)13-25-18-9-5-8-17(12-18)22-20(23)19-15(2)24-11-10-21-19;/h3-9,12,15,19,21H,10-11,13H2,1-2H3,(H,22,23);1H/t15-,19+;/m1./s1. The maximum Gasteiger partial charge on any atom is 0.244 e. The fourth-order valence-corrected chi connectivity index (χ4v) is 2.84. The van der Waals surface area contributed by atoms with E-state index < -0.39 is 0 Å². The summed E-state index contributed by atoms with van der Waals surface area (Å²) in [5.41, 5.74) is 3.06. The highest BCUT2D eigenvalue weighted by atomic mass is 35.5. The number of halogens is 1. The molecular formula is C20H25ClN2O3. The van der Waals surface area contributed by atoms with Gasteiger partial charge in [0.05, 0.1) is 12.7 Å². The third-order valence-electron chi connectivity index (χ3n) is 4.36. The van der Waals surface area contributed by atoms with Crippen LogP contribution in [0.3, 0.4) is 0 Å². The van der Waals surface area contributed by atoms with Gasteiger partial charge in [-0.3, -0.25) is 4.79 Å². The van der Waals surface area contributed by atoms with Crippen LogP contribution < -0.4 is 15.4 Å². The molecule has 0 aliphatic carbocycles. The second-order valence-electron chi connectivity index (χ2n) is 6.24. The molecule has 26 heavy (non-hydrogen) atoms. The Bertz CT molecular complexity index is 739. The second-order valence-corrected chi connectivity index (χ2v) is 6.24. The third kappa shape index (κ3) is 5.21. The van der Waals surface area contributed by atoms with Crippen LogP contribution in [-0.2, 0) is 16.1 Å². The van der Waals surface area contributed by atoms with Crippen LogP contribution in [0.4, 0.5) is 5.69 Å². The first-order chi connectivity index (χ1) is 12.1. The molecule has 1 heterocycles. The monoisotopic (exact) mass is 376 g/mol. The van der Waals surface area contributed by atoms with Crippen molar-refractivity contribution < 1.29 is 14.3 Å². The first-order valence-electron chi connectivity index (χ1n) is 8.57. The Kier molecular flexibility index (Phi) is 7.45. The van der Waals surface area contributed by atoms with E-state index in [1.165, 1.54) is 5.56 Å². The molecule has 0 bridgehead atoms. The molecule has 0 saturated carbocycles. The number of ether oxygens (including phenoxy) is 2. The van der Waals surface area contributed by atoms with E-state index in [-0.39, 0.29) is 30.5 Å². The molecule has 0 unspecified atom stereocenters. The van der Waals surface area contributed by atoms with Crippen LogP contribution in [0.25, 0.3) is 0 Å². The summed E-state index contributed by atoms with van der Waals surface area (Å²) in [6, 6.07) is 15.2. The smallest absolute Gasteiger partial charge is 0.244 e. The average molecular weight is 377 g/mol. The Hall–Kier alpha value is -2.08. The summed E-state index contributed by atoms with van der Waals surface area (Å²) < 4.78 is 11.4.